The van der Waals surface area contributed by atoms with Crippen molar-refractivity contribution in [1.82, 2.24) is 20.2 Å². The molecule has 2 atom stereocenters. The summed E-state index contributed by atoms with van der Waals surface area (Å²) in [5.74, 6) is 0.195. The van der Waals surface area contributed by atoms with Gasteiger partial charge in [-0.25, -0.2) is 0 Å². The van der Waals surface area contributed by atoms with Crippen molar-refractivity contribution in [2.24, 2.45) is 0 Å². The fourth-order valence-electron chi connectivity index (χ4n) is 3.59. The number of aryl methyl sites for hydroxylation is 2. The summed E-state index contributed by atoms with van der Waals surface area (Å²) in [4.78, 5) is 21.8. The number of nitrogens with one attached hydrogen (secondary N) is 1. The van der Waals surface area contributed by atoms with Gasteiger partial charge in [0, 0.05) is 28.7 Å². The number of methoxy groups -OCH3 is 1. The molecule has 1 aliphatic heterocycles. The van der Waals surface area contributed by atoms with Gasteiger partial charge in [0.1, 0.15) is 11.9 Å². The molecule has 34 heavy (non-hydrogen) atoms. The van der Waals surface area contributed by atoms with E-state index in [1.165, 1.54) is 6.20 Å². The van der Waals surface area contributed by atoms with Crippen molar-refractivity contribution in [3.63, 3.8) is 0 Å². The van der Waals surface area contributed by atoms with Gasteiger partial charge in [-0.05, 0) is 51.2 Å². The fourth-order valence-corrected chi connectivity index (χ4v) is 4.23. The number of anilines is 1. The van der Waals surface area contributed by atoms with Crippen LogP contribution < -0.4 is 14.8 Å². The van der Waals surface area contributed by atoms with Crippen LogP contribution in [0.25, 0.3) is 11.1 Å². The van der Waals surface area contributed by atoms with Crippen molar-refractivity contribution in [2.45, 2.75) is 46.0 Å². The van der Waals surface area contributed by atoms with Crippen LogP contribution in [0.4, 0.5) is 5.13 Å². The third-order valence-corrected chi connectivity index (χ3v) is 5.83. The Morgan fingerprint density at radius 3 is 2.53 bits per heavy atom. The van der Waals surface area contributed by atoms with Crippen LogP contribution in [-0.4, -0.2) is 64.7 Å². The minimum absolute atomic E-state index is 0.0576. The zero-order valence-electron chi connectivity index (χ0n) is 19.7. The summed E-state index contributed by atoms with van der Waals surface area (Å²) in [5, 5.41) is 11.5. The molecule has 0 radical (unpaired) electrons. The van der Waals surface area contributed by atoms with E-state index in [-0.39, 0.29) is 24.2 Å². The van der Waals surface area contributed by atoms with Crippen LogP contribution >= 0.6 is 11.3 Å². The lowest BCUT2D eigenvalue weighted by molar-refractivity contribution is -0.0339. The lowest BCUT2D eigenvalue weighted by atomic mass is 9.99. The molecule has 1 aliphatic rings. The monoisotopic (exact) mass is 485 g/mol. The number of amides is 1. The number of rotatable bonds is 8. The maximum absolute atomic E-state index is 13.2. The summed E-state index contributed by atoms with van der Waals surface area (Å²) in [6.45, 7) is 8.54. The van der Waals surface area contributed by atoms with Crippen LogP contribution in [-0.2, 0) is 9.47 Å². The van der Waals surface area contributed by atoms with Gasteiger partial charge in [0.25, 0.3) is 11.1 Å². The molecule has 0 aromatic carbocycles. The molecule has 11 heteroatoms. The van der Waals surface area contributed by atoms with Crippen molar-refractivity contribution in [1.29, 1.82) is 0 Å². The average molecular weight is 486 g/mol. The lowest BCUT2D eigenvalue weighted by Crippen LogP contribution is -2.34. The van der Waals surface area contributed by atoms with Crippen LogP contribution in [0.1, 0.15) is 35.6 Å². The van der Waals surface area contributed by atoms with Gasteiger partial charge >= 0.3 is 0 Å². The van der Waals surface area contributed by atoms with Crippen molar-refractivity contribution >= 4 is 22.4 Å². The van der Waals surface area contributed by atoms with Gasteiger partial charge in [-0.2, -0.15) is 0 Å². The Kier molecular flexibility index (Phi) is 7.35. The molecular weight excluding hydrogens is 458 g/mol. The number of hydrogen-bond donors (Lipinski definition) is 1. The maximum Gasteiger partial charge on any atom is 0.296 e. The van der Waals surface area contributed by atoms with Crippen LogP contribution in [0.5, 0.6) is 10.9 Å². The number of pyridine rings is 2. The number of carbonyl (C=O) groups is 1. The number of hydrogen-bond acceptors (Lipinski definition) is 10. The van der Waals surface area contributed by atoms with E-state index in [9.17, 15) is 4.79 Å². The van der Waals surface area contributed by atoms with Gasteiger partial charge in [-0.15, -0.1) is 5.10 Å². The number of carbonyl (C=O) groups excluding carboxylic acids is 1. The molecule has 1 N–H and O–H groups in total. The van der Waals surface area contributed by atoms with Crippen LogP contribution in [0, 0.1) is 13.8 Å². The molecule has 0 spiro atoms. The molecule has 0 aliphatic carbocycles. The van der Waals surface area contributed by atoms with Crippen molar-refractivity contribution in [2.75, 3.05) is 25.6 Å². The smallest absolute Gasteiger partial charge is 0.296 e. The predicted molar refractivity (Wildman–Crippen MR) is 127 cm³/mol. The Morgan fingerprint density at radius 1 is 1.09 bits per heavy atom. The topological polar surface area (TPSA) is 118 Å². The van der Waals surface area contributed by atoms with E-state index < -0.39 is 0 Å². The molecule has 0 bridgehead atoms. The molecule has 4 rings (SSSR count). The summed E-state index contributed by atoms with van der Waals surface area (Å²) >= 11 is 1.14. The van der Waals surface area contributed by atoms with E-state index in [4.69, 9.17) is 18.9 Å². The van der Waals surface area contributed by atoms with Crippen LogP contribution in [0.2, 0.25) is 0 Å². The molecule has 180 valence electrons. The van der Waals surface area contributed by atoms with Gasteiger partial charge in [0.15, 0.2) is 6.10 Å². The Hall–Kier alpha value is -3.15. The molecule has 0 unspecified atom stereocenters. The molecular formula is C23H27N5O5S. The second kappa shape index (κ2) is 10.4. The SMILES string of the molecule is COc1cnc(C)cc1-c1cc(C)ncc1C(=O)Nc1nnc(O[C@H]2COC[C@@H]2OC(C)C)s1. The van der Waals surface area contributed by atoms with Crippen molar-refractivity contribution < 1.29 is 23.7 Å². The van der Waals surface area contributed by atoms with Crippen LogP contribution in [0.15, 0.2) is 24.5 Å². The Labute approximate surface area is 201 Å². The summed E-state index contributed by atoms with van der Waals surface area (Å²) in [7, 11) is 1.57. The molecule has 1 fully saturated rings. The van der Waals surface area contributed by atoms with Gasteiger partial charge in [-0.3, -0.25) is 20.1 Å². The number of aromatic nitrogens is 4. The summed E-state index contributed by atoms with van der Waals surface area (Å²) in [6, 6.07) is 3.72. The summed E-state index contributed by atoms with van der Waals surface area (Å²) < 4.78 is 22.7. The molecule has 10 nitrogen and oxygen atoms in total. The standard InChI is InChI=1S/C23H27N5O5S/c1-12(2)32-19-10-31-11-20(19)33-23-28-27-22(34-23)26-21(29)17-8-24-13(3)6-15(17)16-7-14(4)25-9-18(16)30-5/h6-9,12,19-20H,10-11H2,1-5H3,(H,26,27,29)/t19-,20-/m0/s1. The van der Waals surface area contributed by atoms with E-state index in [0.717, 1.165) is 28.3 Å². The summed E-state index contributed by atoms with van der Waals surface area (Å²) in [5.41, 5.74) is 3.39. The second-order valence-corrected chi connectivity index (χ2v) is 9.08. The third kappa shape index (κ3) is 5.49. The van der Waals surface area contributed by atoms with Crippen molar-refractivity contribution in [3.05, 3.63) is 41.5 Å². The largest absolute Gasteiger partial charge is 0.494 e. The number of nitrogens with zero attached hydrogens (tertiary/aromatic N) is 4. The highest BCUT2D eigenvalue weighted by Gasteiger charge is 2.32. The normalized spacial score (nSPS) is 17.7. The Morgan fingerprint density at radius 2 is 1.79 bits per heavy atom. The minimum atomic E-state index is -0.369. The molecule has 3 aromatic rings. The van der Waals surface area contributed by atoms with E-state index >= 15 is 0 Å². The predicted octanol–water partition coefficient (Wildman–Crippen LogP) is 3.44. The highest BCUT2D eigenvalue weighted by Crippen LogP contribution is 2.33. The molecule has 3 aromatic heterocycles. The maximum atomic E-state index is 13.2. The van der Waals surface area contributed by atoms with E-state index in [2.05, 4.69) is 25.5 Å². The first-order valence-electron chi connectivity index (χ1n) is 10.9. The zero-order valence-corrected chi connectivity index (χ0v) is 20.5. The minimum Gasteiger partial charge on any atom is -0.494 e. The average Bonchev–Trinajstić information content (AvgIpc) is 3.42. The first-order chi connectivity index (χ1) is 16.3. The summed E-state index contributed by atoms with van der Waals surface area (Å²) in [6.07, 6.45) is 2.77. The van der Waals surface area contributed by atoms with E-state index in [1.54, 1.807) is 13.3 Å². The molecule has 4 heterocycles. The first-order valence-corrected chi connectivity index (χ1v) is 11.7. The molecule has 0 saturated carbocycles. The lowest BCUT2D eigenvalue weighted by Gasteiger charge is -2.20. The molecule has 1 amide bonds. The first kappa shape index (κ1) is 24.0. The highest BCUT2D eigenvalue weighted by molar-refractivity contribution is 7.17. The van der Waals surface area contributed by atoms with E-state index in [1.807, 2.05) is 39.8 Å². The van der Waals surface area contributed by atoms with Gasteiger partial charge in [0.2, 0.25) is 5.13 Å². The quantitative estimate of drug-likeness (QED) is 0.512. The van der Waals surface area contributed by atoms with Gasteiger partial charge in [0.05, 0.1) is 38.2 Å². The Balaban J connectivity index is 1.52. The zero-order chi connectivity index (χ0) is 24.2. The van der Waals surface area contributed by atoms with Crippen molar-refractivity contribution in [3.8, 4) is 22.1 Å². The highest BCUT2D eigenvalue weighted by atomic mass is 32.1. The fraction of sp³-hybridized carbons (Fsp3) is 0.435. The van der Waals surface area contributed by atoms with Crippen LogP contribution in [0.3, 0.4) is 0 Å². The second-order valence-electron chi connectivity index (χ2n) is 8.14. The number of ether oxygens (including phenoxy) is 4. The molecule has 1 saturated heterocycles. The van der Waals surface area contributed by atoms with E-state index in [0.29, 0.717) is 40.4 Å². The third-order valence-electron chi connectivity index (χ3n) is 5.10. The Bertz CT molecular complexity index is 1170. The van der Waals surface area contributed by atoms with Gasteiger partial charge in [-0.1, -0.05) is 5.10 Å². The van der Waals surface area contributed by atoms with Gasteiger partial charge < -0.3 is 18.9 Å².